The van der Waals surface area contributed by atoms with Crippen molar-refractivity contribution in [2.24, 2.45) is 0 Å². The van der Waals surface area contributed by atoms with Crippen LogP contribution < -0.4 is 5.32 Å². The Morgan fingerprint density at radius 1 is 1.16 bits per heavy atom. The highest BCUT2D eigenvalue weighted by Crippen LogP contribution is 2.32. The molecule has 0 aliphatic rings. The first-order valence-electron chi connectivity index (χ1n) is 6.01. The zero-order chi connectivity index (χ0) is 13.8. The number of rotatable bonds is 4. The van der Waals surface area contributed by atoms with Crippen LogP contribution in [0.5, 0.6) is 0 Å². The molecule has 100 valence electrons. The van der Waals surface area contributed by atoms with Gasteiger partial charge in [0.1, 0.15) is 0 Å². The van der Waals surface area contributed by atoms with E-state index in [1.165, 1.54) is 5.56 Å². The fourth-order valence-electron chi connectivity index (χ4n) is 1.78. The van der Waals surface area contributed by atoms with Crippen LogP contribution in [0.3, 0.4) is 0 Å². The minimum atomic E-state index is 0.791. The molecule has 0 bridgehead atoms. The van der Waals surface area contributed by atoms with Gasteiger partial charge in [0.25, 0.3) is 0 Å². The molecule has 1 aromatic carbocycles. The fourth-order valence-corrected chi connectivity index (χ4v) is 3.32. The summed E-state index contributed by atoms with van der Waals surface area (Å²) in [5, 5.41) is 3.93. The fraction of sp³-hybridized carbons (Fsp3) is 0.286. The van der Waals surface area contributed by atoms with Gasteiger partial charge in [-0.2, -0.15) is 0 Å². The van der Waals surface area contributed by atoms with Gasteiger partial charge in [0, 0.05) is 27.3 Å². The monoisotopic (exact) mass is 337 g/mol. The van der Waals surface area contributed by atoms with E-state index in [4.69, 9.17) is 0 Å². The quantitative estimate of drug-likeness (QED) is 0.862. The van der Waals surface area contributed by atoms with Gasteiger partial charge in [-0.1, -0.05) is 6.07 Å². The van der Waals surface area contributed by atoms with E-state index in [1.807, 2.05) is 27.0 Å². The lowest BCUT2D eigenvalue weighted by molar-refractivity contribution is 0.816. The van der Waals surface area contributed by atoms with Crippen molar-refractivity contribution in [3.8, 4) is 0 Å². The highest BCUT2D eigenvalue weighted by atomic mass is 79.9. The second-order valence-electron chi connectivity index (χ2n) is 4.33. The van der Waals surface area contributed by atoms with Crippen LogP contribution in [0.15, 0.2) is 38.8 Å². The van der Waals surface area contributed by atoms with Gasteiger partial charge in [0.15, 0.2) is 5.16 Å². The summed E-state index contributed by atoms with van der Waals surface area (Å²) in [7, 11) is 1.94. The van der Waals surface area contributed by atoms with Crippen molar-refractivity contribution in [3.05, 3.63) is 45.7 Å². The Balaban J connectivity index is 2.23. The zero-order valence-corrected chi connectivity index (χ0v) is 13.6. The van der Waals surface area contributed by atoms with Crippen molar-refractivity contribution in [2.75, 3.05) is 7.05 Å². The number of aromatic nitrogens is 2. The molecule has 0 unspecified atom stereocenters. The van der Waals surface area contributed by atoms with E-state index in [9.17, 15) is 0 Å². The standard InChI is InChI=1S/C14H16BrN3S/c1-9-6-10(2)18-14(17-9)19-13-5-4-11(8-16-3)7-12(13)15/h4-7,16H,8H2,1-3H3. The van der Waals surface area contributed by atoms with E-state index in [0.717, 1.165) is 32.5 Å². The third kappa shape index (κ3) is 4.03. The van der Waals surface area contributed by atoms with Gasteiger partial charge in [-0.3, -0.25) is 0 Å². The molecule has 2 rings (SSSR count). The maximum atomic E-state index is 4.45. The molecule has 1 heterocycles. The van der Waals surface area contributed by atoms with Crippen molar-refractivity contribution in [3.63, 3.8) is 0 Å². The number of hydrogen-bond donors (Lipinski definition) is 1. The molecule has 0 spiro atoms. The Bertz CT molecular complexity index is 567. The minimum Gasteiger partial charge on any atom is -0.316 e. The molecule has 5 heteroatoms. The number of halogens is 1. The normalized spacial score (nSPS) is 10.7. The first-order valence-corrected chi connectivity index (χ1v) is 7.62. The molecule has 0 amide bonds. The molecule has 0 saturated carbocycles. The largest absolute Gasteiger partial charge is 0.316 e. The highest BCUT2D eigenvalue weighted by Gasteiger charge is 2.07. The second-order valence-corrected chi connectivity index (χ2v) is 6.19. The number of hydrogen-bond acceptors (Lipinski definition) is 4. The minimum absolute atomic E-state index is 0.791. The molecule has 0 atom stereocenters. The van der Waals surface area contributed by atoms with Gasteiger partial charge in [-0.25, -0.2) is 9.97 Å². The lowest BCUT2D eigenvalue weighted by Crippen LogP contribution is -2.04. The van der Waals surface area contributed by atoms with Crippen LogP contribution in [0.1, 0.15) is 17.0 Å². The SMILES string of the molecule is CNCc1ccc(Sc2nc(C)cc(C)n2)c(Br)c1. The topological polar surface area (TPSA) is 37.8 Å². The van der Waals surface area contributed by atoms with Crippen LogP contribution >= 0.6 is 27.7 Å². The summed E-state index contributed by atoms with van der Waals surface area (Å²) in [4.78, 5) is 10.0. The van der Waals surface area contributed by atoms with Gasteiger partial charge >= 0.3 is 0 Å². The van der Waals surface area contributed by atoms with Crippen LogP contribution in [0.25, 0.3) is 0 Å². The number of nitrogens with zero attached hydrogens (tertiary/aromatic N) is 2. The van der Waals surface area contributed by atoms with E-state index in [1.54, 1.807) is 11.8 Å². The average molecular weight is 338 g/mol. The molecule has 0 fully saturated rings. The van der Waals surface area contributed by atoms with Gasteiger partial charge in [0.05, 0.1) is 0 Å². The Labute approximate surface area is 126 Å². The Morgan fingerprint density at radius 2 is 1.84 bits per heavy atom. The molecule has 0 aliphatic carbocycles. The summed E-state index contributed by atoms with van der Waals surface area (Å²) >= 11 is 5.19. The summed E-state index contributed by atoms with van der Waals surface area (Å²) in [6, 6.07) is 8.32. The van der Waals surface area contributed by atoms with E-state index < -0.39 is 0 Å². The first-order chi connectivity index (χ1) is 9.08. The van der Waals surface area contributed by atoms with Crippen molar-refractivity contribution in [1.29, 1.82) is 0 Å². The predicted octanol–water partition coefficient (Wildman–Crippen LogP) is 3.73. The van der Waals surface area contributed by atoms with Crippen molar-refractivity contribution in [1.82, 2.24) is 15.3 Å². The summed E-state index contributed by atoms with van der Waals surface area (Å²) in [5.41, 5.74) is 3.25. The molecule has 1 N–H and O–H groups in total. The number of nitrogens with one attached hydrogen (secondary N) is 1. The highest BCUT2D eigenvalue weighted by molar-refractivity contribution is 9.10. The summed E-state index contributed by atoms with van der Waals surface area (Å²) in [6.45, 7) is 4.84. The van der Waals surface area contributed by atoms with Crippen LogP contribution in [-0.2, 0) is 6.54 Å². The van der Waals surface area contributed by atoms with E-state index in [-0.39, 0.29) is 0 Å². The Hall–Kier alpha value is -0.910. The Kier molecular flexibility index (Phi) is 4.96. The maximum Gasteiger partial charge on any atom is 0.192 e. The Morgan fingerprint density at radius 3 is 2.42 bits per heavy atom. The third-order valence-corrected chi connectivity index (χ3v) is 4.40. The van der Waals surface area contributed by atoms with Crippen molar-refractivity contribution >= 4 is 27.7 Å². The summed E-state index contributed by atoms with van der Waals surface area (Å²) in [6.07, 6.45) is 0. The molecule has 0 radical (unpaired) electrons. The van der Waals surface area contributed by atoms with Crippen LogP contribution in [-0.4, -0.2) is 17.0 Å². The van der Waals surface area contributed by atoms with Gasteiger partial charge < -0.3 is 5.32 Å². The molecular weight excluding hydrogens is 322 g/mol. The average Bonchev–Trinajstić information content (AvgIpc) is 2.32. The second kappa shape index (κ2) is 6.50. The van der Waals surface area contributed by atoms with Crippen LogP contribution in [0.4, 0.5) is 0 Å². The lowest BCUT2D eigenvalue weighted by Gasteiger charge is -2.07. The maximum absolute atomic E-state index is 4.45. The van der Waals surface area contributed by atoms with Crippen LogP contribution in [0, 0.1) is 13.8 Å². The molecule has 1 aromatic heterocycles. The van der Waals surface area contributed by atoms with Crippen molar-refractivity contribution < 1.29 is 0 Å². The predicted molar refractivity (Wildman–Crippen MR) is 82.5 cm³/mol. The molecule has 2 aromatic rings. The molecular formula is C14H16BrN3S. The van der Waals surface area contributed by atoms with E-state index in [2.05, 4.69) is 49.4 Å². The molecule has 19 heavy (non-hydrogen) atoms. The molecule has 0 aliphatic heterocycles. The molecule has 3 nitrogen and oxygen atoms in total. The van der Waals surface area contributed by atoms with Gasteiger partial charge in [-0.05, 0) is 72.3 Å². The van der Waals surface area contributed by atoms with Gasteiger partial charge in [-0.15, -0.1) is 0 Å². The lowest BCUT2D eigenvalue weighted by atomic mass is 10.2. The number of aryl methyl sites for hydroxylation is 2. The van der Waals surface area contributed by atoms with Crippen molar-refractivity contribution in [2.45, 2.75) is 30.4 Å². The zero-order valence-electron chi connectivity index (χ0n) is 11.2. The molecule has 0 saturated heterocycles. The van der Waals surface area contributed by atoms with Crippen LogP contribution in [0.2, 0.25) is 0 Å². The van der Waals surface area contributed by atoms with E-state index in [0.29, 0.717) is 0 Å². The number of benzene rings is 1. The van der Waals surface area contributed by atoms with Gasteiger partial charge in [0.2, 0.25) is 0 Å². The summed E-state index contributed by atoms with van der Waals surface area (Å²) < 4.78 is 1.08. The third-order valence-electron chi connectivity index (χ3n) is 2.54. The first kappa shape index (κ1) is 14.5. The van der Waals surface area contributed by atoms with E-state index >= 15 is 0 Å². The smallest absolute Gasteiger partial charge is 0.192 e. The summed E-state index contributed by atoms with van der Waals surface area (Å²) in [5.74, 6) is 0.